The van der Waals surface area contributed by atoms with Gasteiger partial charge in [0.1, 0.15) is 11.6 Å². The van der Waals surface area contributed by atoms with Crippen LogP contribution in [0.2, 0.25) is 0 Å². The molecule has 0 aliphatic rings. The first-order chi connectivity index (χ1) is 9.04. The molecule has 0 fully saturated rings. The van der Waals surface area contributed by atoms with Crippen molar-refractivity contribution in [2.24, 2.45) is 0 Å². The average molecular weight is 278 g/mol. The van der Waals surface area contributed by atoms with Crippen molar-refractivity contribution in [2.75, 3.05) is 6.26 Å². The Labute approximate surface area is 114 Å². The number of benzene rings is 2. The van der Waals surface area contributed by atoms with E-state index >= 15 is 0 Å². The predicted octanol–water partition coefficient (Wildman–Crippen LogP) is 4.23. The molecule has 0 aliphatic heterocycles. The summed E-state index contributed by atoms with van der Waals surface area (Å²) in [5, 5.41) is 0. The van der Waals surface area contributed by atoms with E-state index in [1.54, 1.807) is 18.2 Å². The van der Waals surface area contributed by atoms with Crippen molar-refractivity contribution in [3.63, 3.8) is 0 Å². The number of rotatable bonds is 3. The van der Waals surface area contributed by atoms with Crippen LogP contribution in [0.15, 0.2) is 41.3 Å². The summed E-state index contributed by atoms with van der Waals surface area (Å²) < 4.78 is 26.9. The summed E-state index contributed by atoms with van der Waals surface area (Å²) in [6.45, 7) is 1.51. The summed E-state index contributed by atoms with van der Waals surface area (Å²) in [6.07, 6.45) is 1.85. The lowest BCUT2D eigenvalue weighted by atomic mass is 10.0. The molecule has 0 unspecified atom stereocenters. The van der Waals surface area contributed by atoms with Gasteiger partial charge in [-0.1, -0.05) is 12.1 Å². The van der Waals surface area contributed by atoms with E-state index in [0.29, 0.717) is 5.56 Å². The zero-order valence-corrected chi connectivity index (χ0v) is 11.4. The van der Waals surface area contributed by atoms with Crippen LogP contribution in [0.4, 0.5) is 8.78 Å². The second kappa shape index (κ2) is 5.53. The second-order valence-electron chi connectivity index (χ2n) is 4.11. The van der Waals surface area contributed by atoms with E-state index in [1.807, 2.05) is 12.3 Å². The number of halogens is 2. The van der Waals surface area contributed by atoms with Crippen LogP contribution in [0, 0.1) is 18.6 Å². The normalized spacial score (nSPS) is 10.5. The number of thioether (sulfide) groups is 1. The van der Waals surface area contributed by atoms with Gasteiger partial charge in [-0.25, -0.2) is 8.78 Å². The van der Waals surface area contributed by atoms with Crippen molar-refractivity contribution >= 4 is 17.5 Å². The van der Waals surface area contributed by atoms with Crippen LogP contribution in [-0.2, 0) is 0 Å². The van der Waals surface area contributed by atoms with Gasteiger partial charge < -0.3 is 0 Å². The van der Waals surface area contributed by atoms with Gasteiger partial charge in [0, 0.05) is 16.5 Å². The van der Waals surface area contributed by atoms with Gasteiger partial charge in [0.25, 0.3) is 0 Å². The van der Waals surface area contributed by atoms with Gasteiger partial charge in [-0.2, -0.15) is 0 Å². The highest BCUT2D eigenvalue weighted by Gasteiger charge is 2.18. The number of hydrogen-bond acceptors (Lipinski definition) is 2. The summed E-state index contributed by atoms with van der Waals surface area (Å²) in [6, 6.07) is 8.99. The molecule has 0 heterocycles. The maximum atomic E-state index is 13.7. The fourth-order valence-corrected chi connectivity index (χ4v) is 2.40. The van der Waals surface area contributed by atoms with Gasteiger partial charge >= 0.3 is 0 Å². The van der Waals surface area contributed by atoms with E-state index in [-0.39, 0.29) is 11.1 Å². The van der Waals surface area contributed by atoms with Gasteiger partial charge in [-0.05, 0) is 36.9 Å². The van der Waals surface area contributed by atoms with Crippen molar-refractivity contribution in [3.05, 3.63) is 64.7 Å². The summed E-state index contributed by atoms with van der Waals surface area (Å²) >= 11 is 1.41. The van der Waals surface area contributed by atoms with Crippen molar-refractivity contribution in [2.45, 2.75) is 11.8 Å². The Morgan fingerprint density at radius 2 is 1.74 bits per heavy atom. The molecule has 19 heavy (non-hydrogen) atoms. The SMILES string of the molecule is CSc1ccccc1C(=O)c1cc(C)c(F)cc1F. The quantitative estimate of drug-likeness (QED) is 0.617. The third kappa shape index (κ3) is 2.68. The van der Waals surface area contributed by atoms with Gasteiger partial charge in [-0.3, -0.25) is 4.79 Å². The van der Waals surface area contributed by atoms with Crippen LogP contribution in [0.25, 0.3) is 0 Å². The summed E-state index contributed by atoms with van der Waals surface area (Å²) in [5.74, 6) is -1.90. The van der Waals surface area contributed by atoms with Crippen LogP contribution in [-0.4, -0.2) is 12.0 Å². The first-order valence-electron chi connectivity index (χ1n) is 5.68. The molecule has 98 valence electrons. The lowest BCUT2D eigenvalue weighted by molar-refractivity contribution is 0.103. The molecule has 4 heteroatoms. The Balaban J connectivity index is 2.53. The molecule has 1 nitrogen and oxygen atoms in total. The molecule has 0 radical (unpaired) electrons. The third-order valence-electron chi connectivity index (χ3n) is 2.84. The van der Waals surface area contributed by atoms with E-state index in [0.717, 1.165) is 11.0 Å². The zero-order chi connectivity index (χ0) is 14.0. The summed E-state index contributed by atoms with van der Waals surface area (Å²) in [4.78, 5) is 13.1. The summed E-state index contributed by atoms with van der Waals surface area (Å²) in [7, 11) is 0. The maximum Gasteiger partial charge on any atom is 0.197 e. The maximum absolute atomic E-state index is 13.7. The molecule has 0 amide bonds. The standard InChI is InChI=1S/C15H12F2OS/c1-9-7-11(13(17)8-12(9)16)15(18)10-5-3-4-6-14(10)19-2/h3-8H,1-2H3. The molecule has 0 bridgehead atoms. The summed E-state index contributed by atoms with van der Waals surface area (Å²) in [5.41, 5.74) is 0.590. The molecule has 0 saturated heterocycles. The van der Waals surface area contributed by atoms with E-state index in [2.05, 4.69) is 0 Å². The molecule has 0 spiro atoms. The molecule has 0 aromatic heterocycles. The molecule has 2 aromatic rings. The van der Waals surface area contributed by atoms with E-state index in [1.165, 1.54) is 24.8 Å². The Bertz CT molecular complexity index is 638. The lowest BCUT2D eigenvalue weighted by Crippen LogP contribution is -2.07. The zero-order valence-electron chi connectivity index (χ0n) is 10.5. The van der Waals surface area contributed by atoms with Crippen molar-refractivity contribution < 1.29 is 13.6 Å². The smallest absolute Gasteiger partial charge is 0.197 e. The van der Waals surface area contributed by atoms with Gasteiger partial charge in [0.2, 0.25) is 0 Å². The Morgan fingerprint density at radius 1 is 1.05 bits per heavy atom. The highest BCUT2D eigenvalue weighted by Crippen LogP contribution is 2.24. The Kier molecular flexibility index (Phi) is 4.00. The van der Waals surface area contributed by atoms with E-state index in [4.69, 9.17) is 0 Å². The molecular weight excluding hydrogens is 266 g/mol. The van der Waals surface area contributed by atoms with Crippen LogP contribution in [0.5, 0.6) is 0 Å². The van der Waals surface area contributed by atoms with Gasteiger partial charge in [0.15, 0.2) is 5.78 Å². The lowest BCUT2D eigenvalue weighted by Gasteiger charge is -2.08. The highest BCUT2D eigenvalue weighted by atomic mass is 32.2. The molecular formula is C15H12F2OS. The molecule has 2 aromatic carbocycles. The minimum Gasteiger partial charge on any atom is -0.288 e. The molecule has 0 aliphatic carbocycles. The minimum atomic E-state index is -0.830. The number of carbonyl (C=O) groups excluding carboxylic acids is 1. The topological polar surface area (TPSA) is 17.1 Å². The average Bonchev–Trinajstić information content (AvgIpc) is 2.42. The number of hydrogen-bond donors (Lipinski definition) is 0. The number of carbonyl (C=O) groups is 1. The van der Waals surface area contributed by atoms with Gasteiger partial charge in [-0.15, -0.1) is 11.8 Å². The first-order valence-corrected chi connectivity index (χ1v) is 6.90. The van der Waals surface area contributed by atoms with Crippen LogP contribution in [0.3, 0.4) is 0 Å². The molecule has 2 rings (SSSR count). The number of aryl methyl sites for hydroxylation is 1. The molecule has 0 saturated carbocycles. The predicted molar refractivity (Wildman–Crippen MR) is 72.8 cm³/mol. The van der Waals surface area contributed by atoms with Crippen molar-refractivity contribution in [1.82, 2.24) is 0 Å². The van der Waals surface area contributed by atoms with Crippen LogP contribution >= 0.6 is 11.8 Å². The van der Waals surface area contributed by atoms with Gasteiger partial charge in [0.05, 0.1) is 5.56 Å². The minimum absolute atomic E-state index is 0.0969. The highest BCUT2D eigenvalue weighted by molar-refractivity contribution is 7.98. The van der Waals surface area contributed by atoms with Crippen molar-refractivity contribution in [3.8, 4) is 0 Å². The van der Waals surface area contributed by atoms with Crippen LogP contribution in [0.1, 0.15) is 21.5 Å². The van der Waals surface area contributed by atoms with E-state index < -0.39 is 17.4 Å². The molecule has 0 N–H and O–H groups in total. The Hall–Kier alpha value is -1.68. The fourth-order valence-electron chi connectivity index (χ4n) is 1.81. The third-order valence-corrected chi connectivity index (χ3v) is 3.64. The Morgan fingerprint density at radius 3 is 2.42 bits per heavy atom. The van der Waals surface area contributed by atoms with Crippen molar-refractivity contribution in [1.29, 1.82) is 0 Å². The van der Waals surface area contributed by atoms with Crippen LogP contribution < -0.4 is 0 Å². The van der Waals surface area contributed by atoms with E-state index in [9.17, 15) is 13.6 Å². The second-order valence-corrected chi connectivity index (χ2v) is 4.96. The fraction of sp³-hybridized carbons (Fsp3) is 0.133. The largest absolute Gasteiger partial charge is 0.288 e. The monoisotopic (exact) mass is 278 g/mol. The first kappa shape index (κ1) is 13.7. The molecule has 0 atom stereocenters. The number of ketones is 1.